The van der Waals surface area contributed by atoms with Crippen molar-refractivity contribution < 1.29 is 58.3 Å². The number of aliphatic hydroxyl groups excluding tert-OH is 5. The molecule has 1 fully saturated rings. The maximum Gasteiger partial charge on any atom is 0.472 e. The van der Waals surface area contributed by atoms with Gasteiger partial charge in [0.2, 0.25) is 0 Å². The third-order valence-corrected chi connectivity index (χ3v) is 13.2. The van der Waals surface area contributed by atoms with Gasteiger partial charge in [-0.15, -0.1) is 0 Å². The molecule has 0 bridgehead atoms. The van der Waals surface area contributed by atoms with Gasteiger partial charge in [0.1, 0.15) is 42.7 Å². The maximum atomic E-state index is 12.9. The van der Waals surface area contributed by atoms with E-state index in [0.29, 0.717) is 13.0 Å². The Morgan fingerprint density at radius 1 is 0.471 bits per heavy atom. The predicted octanol–water partition coefficient (Wildman–Crippen LogP) is 12.9. The first kappa shape index (κ1) is 65.5. The zero-order valence-corrected chi connectivity index (χ0v) is 44.4. The number of esters is 1. The average molecular weight is 1010 g/mol. The smallest absolute Gasteiger partial charge is 0.457 e. The van der Waals surface area contributed by atoms with Crippen LogP contribution >= 0.6 is 7.82 Å². The van der Waals surface area contributed by atoms with Crippen LogP contribution in [0.5, 0.6) is 0 Å². The summed E-state index contributed by atoms with van der Waals surface area (Å²) in [6.45, 7) is 4.11. The summed E-state index contributed by atoms with van der Waals surface area (Å²) in [5, 5.41) is 50.4. The second-order valence-corrected chi connectivity index (χ2v) is 20.1. The van der Waals surface area contributed by atoms with Gasteiger partial charge in [-0.2, -0.15) is 0 Å². The van der Waals surface area contributed by atoms with Crippen molar-refractivity contribution in [2.75, 3.05) is 19.8 Å². The minimum absolute atomic E-state index is 0.0996. The summed E-state index contributed by atoms with van der Waals surface area (Å²) in [4.78, 5) is 23.3. The van der Waals surface area contributed by atoms with Crippen molar-refractivity contribution >= 4 is 13.8 Å². The molecular weight excluding hydrogens is 908 g/mol. The fraction of sp³-hybridized carbons (Fsp3) is 0.737. The number of phosphoric ester groups is 1. The van der Waals surface area contributed by atoms with Crippen LogP contribution in [0.25, 0.3) is 0 Å². The van der Waals surface area contributed by atoms with E-state index in [1.54, 1.807) is 0 Å². The van der Waals surface area contributed by atoms with Crippen LogP contribution < -0.4 is 0 Å². The Kier molecular flexibility index (Phi) is 43.4. The molecule has 1 aliphatic rings. The zero-order chi connectivity index (χ0) is 51.2. The number of hydrogen-bond acceptors (Lipinski definition) is 11. The zero-order valence-electron chi connectivity index (χ0n) is 43.5. The minimum Gasteiger partial charge on any atom is -0.457 e. The minimum atomic E-state index is -5.04. The third-order valence-electron chi connectivity index (χ3n) is 12.3. The first-order chi connectivity index (χ1) is 34.0. The Bertz CT molecular complexity index is 1480. The number of phosphoric acid groups is 1. The maximum absolute atomic E-state index is 12.9. The van der Waals surface area contributed by atoms with Crippen LogP contribution in [0.1, 0.15) is 206 Å². The highest BCUT2D eigenvalue weighted by Gasteiger charge is 2.51. The van der Waals surface area contributed by atoms with Crippen LogP contribution in [0.15, 0.2) is 85.1 Å². The number of aliphatic hydroxyl groups is 5. The molecule has 6 N–H and O–H groups in total. The molecule has 0 spiro atoms. The summed E-state index contributed by atoms with van der Waals surface area (Å²) >= 11 is 0. The molecule has 12 nitrogen and oxygen atoms in total. The second-order valence-electron chi connectivity index (χ2n) is 18.7. The van der Waals surface area contributed by atoms with Crippen LogP contribution in [-0.2, 0) is 27.9 Å². The molecule has 6 unspecified atom stereocenters. The molecule has 13 heteroatoms. The van der Waals surface area contributed by atoms with Crippen LogP contribution in [-0.4, -0.2) is 98.9 Å². The Morgan fingerprint density at radius 2 is 0.843 bits per heavy atom. The number of carbonyl (C=O) groups is 1. The molecule has 1 rings (SSSR count). The lowest BCUT2D eigenvalue weighted by Gasteiger charge is -2.41. The van der Waals surface area contributed by atoms with Crippen molar-refractivity contribution in [2.45, 2.75) is 249 Å². The largest absolute Gasteiger partial charge is 0.472 e. The highest BCUT2D eigenvalue weighted by atomic mass is 31.2. The van der Waals surface area contributed by atoms with E-state index in [1.165, 1.54) is 109 Å². The highest BCUT2D eigenvalue weighted by molar-refractivity contribution is 7.47. The topological polar surface area (TPSA) is 192 Å². The van der Waals surface area contributed by atoms with Crippen LogP contribution in [0.2, 0.25) is 0 Å². The fourth-order valence-corrected chi connectivity index (χ4v) is 8.91. The Hall–Kier alpha value is -2.48. The lowest BCUT2D eigenvalue weighted by Crippen LogP contribution is -2.64. The van der Waals surface area contributed by atoms with E-state index >= 15 is 0 Å². The molecule has 0 saturated heterocycles. The molecule has 1 aliphatic carbocycles. The third kappa shape index (κ3) is 37.3. The summed E-state index contributed by atoms with van der Waals surface area (Å²) in [5.41, 5.74) is 0. The normalized spacial score (nSPS) is 21.5. The number of rotatable bonds is 46. The van der Waals surface area contributed by atoms with Gasteiger partial charge in [-0.3, -0.25) is 13.8 Å². The van der Waals surface area contributed by atoms with E-state index in [4.69, 9.17) is 18.5 Å². The van der Waals surface area contributed by atoms with Crippen molar-refractivity contribution in [2.24, 2.45) is 0 Å². The summed E-state index contributed by atoms with van der Waals surface area (Å²) in [5.74, 6) is -0.520. The summed E-state index contributed by atoms with van der Waals surface area (Å²) in [6.07, 6.45) is 50.8. The number of unbranched alkanes of at least 4 members (excludes halogenated alkanes) is 20. The molecule has 0 aromatic heterocycles. The van der Waals surface area contributed by atoms with Crippen molar-refractivity contribution in [3.8, 4) is 0 Å². The molecule has 404 valence electrons. The van der Waals surface area contributed by atoms with Crippen LogP contribution in [0.3, 0.4) is 0 Å². The number of hydrogen-bond donors (Lipinski definition) is 6. The van der Waals surface area contributed by atoms with Crippen molar-refractivity contribution in [3.05, 3.63) is 85.1 Å². The molecule has 6 atom stereocenters. The summed E-state index contributed by atoms with van der Waals surface area (Å²) in [6, 6.07) is 0. The van der Waals surface area contributed by atoms with Crippen LogP contribution in [0.4, 0.5) is 0 Å². The predicted molar refractivity (Wildman–Crippen MR) is 285 cm³/mol. The number of ether oxygens (including phenoxy) is 2. The van der Waals surface area contributed by atoms with Crippen molar-refractivity contribution in [1.29, 1.82) is 0 Å². The van der Waals surface area contributed by atoms with E-state index in [1.807, 2.05) is 0 Å². The van der Waals surface area contributed by atoms with Gasteiger partial charge in [-0.1, -0.05) is 195 Å². The van der Waals surface area contributed by atoms with Gasteiger partial charge in [0, 0.05) is 13.0 Å². The second kappa shape index (κ2) is 46.3. The van der Waals surface area contributed by atoms with Crippen molar-refractivity contribution in [1.82, 2.24) is 0 Å². The van der Waals surface area contributed by atoms with Crippen molar-refractivity contribution in [3.63, 3.8) is 0 Å². The molecule has 0 aliphatic heterocycles. The Labute approximate surface area is 424 Å². The summed E-state index contributed by atoms with van der Waals surface area (Å²) < 4.78 is 34.3. The molecule has 0 amide bonds. The Balaban J connectivity index is 2.36. The van der Waals surface area contributed by atoms with E-state index in [0.717, 1.165) is 70.6 Å². The number of carbonyl (C=O) groups excluding carboxylic acids is 1. The van der Waals surface area contributed by atoms with E-state index in [2.05, 4.69) is 98.9 Å². The molecule has 70 heavy (non-hydrogen) atoms. The van der Waals surface area contributed by atoms with Gasteiger partial charge >= 0.3 is 13.8 Å². The van der Waals surface area contributed by atoms with Gasteiger partial charge < -0.3 is 39.9 Å². The first-order valence-corrected chi connectivity index (χ1v) is 28.9. The lowest BCUT2D eigenvalue weighted by molar-refractivity contribution is -0.220. The standard InChI is InChI=1S/C57H99O12P/c1-3-5-7-9-11-13-15-17-19-21-23-25-27-29-31-33-35-37-39-41-43-45-47-66-48-50(49-67-70(64,65)69-57-55(62)53(60)52(59)54(61)56(57)63)68-51(58)46-44-42-40-38-36-34-32-30-28-26-24-22-20-18-16-14-12-10-8-6-4-2/h6,8,12,14,18,20-21,23-24,26,30,32,36,38,50,52-57,59-63H,3-5,7,9-11,13,15-17,19,22,25,27-29,31,33-35,37,39-49H2,1-2H3,(H,64,65)/b8-6-,14-12-,20-18-,23-21-,26-24-,32-30-,38-36-. The van der Waals surface area contributed by atoms with Gasteiger partial charge in [0.25, 0.3) is 0 Å². The lowest BCUT2D eigenvalue weighted by atomic mass is 9.85. The fourth-order valence-electron chi connectivity index (χ4n) is 7.94. The summed E-state index contributed by atoms with van der Waals surface area (Å²) in [7, 11) is -5.04. The molecule has 0 radical (unpaired) electrons. The molecule has 0 aromatic rings. The molecule has 0 aromatic carbocycles. The quantitative estimate of drug-likeness (QED) is 0.0147. The number of allylic oxidation sites excluding steroid dienone is 14. The van der Waals surface area contributed by atoms with E-state index < -0.39 is 63.1 Å². The van der Waals surface area contributed by atoms with Gasteiger partial charge in [0.15, 0.2) is 0 Å². The van der Waals surface area contributed by atoms with Gasteiger partial charge in [0.05, 0.1) is 13.2 Å². The first-order valence-electron chi connectivity index (χ1n) is 27.4. The van der Waals surface area contributed by atoms with Gasteiger partial charge in [-0.05, 0) is 89.9 Å². The van der Waals surface area contributed by atoms with Crippen LogP contribution in [0, 0.1) is 0 Å². The molecular formula is C57H99O12P. The molecule has 0 heterocycles. The van der Waals surface area contributed by atoms with E-state index in [9.17, 15) is 39.8 Å². The molecule has 1 saturated carbocycles. The Morgan fingerprint density at radius 3 is 1.30 bits per heavy atom. The highest BCUT2D eigenvalue weighted by Crippen LogP contribution is 2.47. The SMILES string of the molecule is CC/C=C\C/C=C\C/C=C\C/C=C\C/C=C\C/C=C\CCCCC(=O)OC(COCCCCCCCCCCCC/C=C\CCCCCCCCCC)COP(=O)(O)OC1C(O)C(O)C(O)C(O)C1O. The average Bonchev–Trinajstić information content (AvgIpc) is 3.35. The monoisotopic (exact) mass is 1010 g/mol. The van der Waals surface area contributed by atoms with Gasteiger partial charge in [-0.25, -0.2) is 4.57 Å². The van der Waals surface area contributed by atoms with E-state index in [-0.39, 0.29) is 13.0 Å².